The van der Waals surface area contributed by atoms with Crippen molar-refractivity contribution in [2.45, 2.75) is 39.2 Å². The minimum absolute atomic E-state index is 0.000858. The zero-order valence-electron chi connectivity index (χ0n) is 13.3. The average Bonchev–Trinajstić information content (AvgIpc) is 2.43. The van der Waals surface area contributed by atoms with E-state index in [0.717, 1.165) is 5.56 Å². The van der Waals surface area contributed by atoms with E-state index in [1.54, 1.807) is 12.1 Å². The molecule has 1 aromatic rings. The van der Waals surface area contributed by atoms with Gasteiger partial charge in [-0.25, -0.2) is 4.79 Å². The summed E-state index contributed by atoms with van der Waals surface area (Å²) < 4.78 is 4.64. The highest BCUT2D eigenvalue weighted by atomic mass is 16.5. The van der Waals surface area contributed by atoms with Crippen molar-refractivity contribution in [3.05, 3.63) is 35.4 Å². The summed E-state index contributed by atoms with van der Waals surface area (Å²) in [4.78, 5) is 34.1. The predicted octanol–water partition coefficient (Wildman–Crippen LogP) is 1.13. The van der Waals surface area contributed by atoms with Crippen LogP contribution in [0.1, 0.15) is 43.6 Å². The second-order valence-electron chi connectivity index (χ2n) is 6.10. The number of benzene rings is 1. The van der Waals surface area contributed by atoms with Gasteiger partial charge in [-0.2, -0.15) is 0 Å². The average molecular weight is 306 g/mol. The van der Waals surface area contributed by atoms with Gasteiger partial charge < -0.3 is 15.8 Å². The number of rotatable bonds is 5. The fraction of sp³-hybridized carbons (Fsp3) is 0.438. The quantitative estimate of drug-likeness (QED) is 0.797. The Bertz CT molecular complexity index is 559. The molecular weight excluding hydrogens is 284 g/mol. The van der Waals surface area contributed by atoms with Gasteiger partial charge in [0.2, 0.25) is 0 Å². The van der Waals surface area contributed by atoms with Crippen molar-refractivity contribution in [1.82, 2.24) is 5.32 Å². The normalized spacial score (nSPS) is 12.4. The number of amides is 2. The monoisotopic (exact) mass is 306 g/mol. The SMILES string of the molecule is C[C@H](NC(=O)c1ccc(C(C)(C)C)cc1)C(=O)OCC(N)=O. The van der Waals surface area contributed by atoms with Gasteiger partial charge in [0.05, 0.1) is 0 Å². The number of carbonyl (C=O) groups is 3. The Morgan fingerprint density at radius 3 is 2.18 bits per heavy atom. The molecule has 1 rings (SSSR count). The fourth-order valence-corrected chi connectivity index (χ4v) is 1.73. The molecule has 1 aromatic carbocycles. The lowest BCUT2D eigenvalue weighted by Gasteiger charge is -2.19. The van der Waals surface area contributed by atoms with Crippen LogP contribution >= 0.6 is 0 Å². The van der Waals surface area contributed by atoms with Crippen molar-refractivity contribution >= 4 is 17.8 Å². The van der Waals surface area contributed by atoms with Crippen LogP contribution in [0.2, 0.25) is 0 Å². The molecule has 0 aromatic heterocycles. The highest BCUT2D eigenvalue weighted by molar-refractivity contribution is 5.96. The molecule has 22 heavy (non-hydrogen) atoms. The van der Waals surface area contributed by atoms with Crippen LogP contribution in [-0.4, -0.2) is 30.4 Å². The summed E-state index contributed by atoms with van der Waals surface area (Å²) in [7, 11) is 0. The molecule has 2 amide bonds. The topological polar surface area (TPSA) is 98.5 Å². The van der Waals surface area contributed by atoms with E-state index in [4.69, 9.17) is 5.73 Å². The van der Waals surface area contributed by atoms with Crippen LogP contribution in [0.15, 0.2) is 24.3 Å². The predicted molar refractivity (Wildman–Crippen MR) is 82.2 cm³/mol. The lowest BCUT2D eigenvalue weighted by Crippen LogP contribution is -2.40. The van der Waals surface area contributed by atoms with Gasteiger partial charge in [0.25, 0.3) is 11.8 Å². The Balaban J connectivity index is 2.65. The summed E-state index contributed by atoms with van der Waals surface area (Å²) in [6.07, 6.45) is 0. The lowest BCUT2D eigenvalue weighted by molar-refractivity contribution is -0.149. The molecule has 6 heteroatoms. The maximum atomic E-state index is 12.0. The van der Waals surface area contributed by atoms with Gasteiger partial charge >= 0.3 is 5.97 Å². The van der Waals surface area contributed by atoms with Crippen LogP contribution in [0, 0.1) is 0 Å². The lowest BCUT2D eigenvalue weighted by atomic mass is 9.86. The second kappa shape index (κ2) is 7.06. The molecule has 0 saturated carbocycles. The first-order valence-electron chi connectivity index (χ1n) is 6.97. The van der Waals surface area contributed by atoms with E-state index in [9.17, 15) is 14.4 Å². The molecule has 0 heterocycles. The number of nitrogens with two attached hydrogens (primary N) is 1. The molecular formula is C16H22N2O4. The standard InChI is InChI=1S/C16H22N2O4/c1-10(15(21)22-9-13(17)19)18-14(20)11-5-7-12(8-6-11)16(2,3)4/h5-8,10H,9H2,1-4H3,(H2,17,19)(H,18,20)/t10-/m0/s1. The molecule has 0 aliphatic carbocycles. The molecule has 0 spiro atoms. The minimum atomic E-state index is -0.867. The molecule has 0 aliphatic rings. The molecule has 6 nitrogen and oxygen atoms in total. The zero-order valence-corrected chi connectivity index (χ0v) is 13.3. The molecule has 0 unspecified atom stereocenters. The molecule has 120 valence electrons. The largest absolute Gasteiger partial charge is 0.454 e. The van der Waals surface area contributed by atoms with E-state index >= 15 is 0 Å². The Labute approximate surface area is 130 Å². The first-order valence-corrected chi connectivity index (χ1v) is 6.97. The number of carbonyl (C=O) groups excluding carboxylic acids is 3. The van der Waals surface area contributed by atoms with Gasteiger partial charge in [-0.15, -0.1) is 0 Å². The smallest absolute Gasteiger partial charge is 0.328 e. The highest BCUT2D eigenvalue weighted by Gasteiger charge is 2.19. The van der Waals surface area contributed by atoms with Gasteiger partial charge in [0, 0.05) is 5.56 Å². The van der Waals surface area contributed by atoms with Crippen molar-refractivity contribution in [2.24, 2.45) is 5.73 Å². The van der Waals surface area contributed by atoms with Crippen molar-refractivity contribution in [3.63, 3.8) is 0 Å². The summed E-state index contributed by atoms with van der Waals surface area (Å²) in [5.74, 6) is -1.84. The Morgan fingerprint density at radius 2 is 1.73 bits per heavy atom. The van der Waals surface area contributed by atoms with E-state index in [1.807, 2.05) is 12.1 Å². The Morgan fingerprint density at radius 1 is 1.18 bits per heavy atom. The summed E-state index contributed by atoms with van der Waals surface area (Å²) in [6.45, 7) is 7.22. The maximum Gasteiger partial charge on any atom is 0.328 e. The third kappa shape index (κ3) is 5.20. The van der Waals surface area contributed by atoms with Crippen LogP contribution in [0.4, 0.5) is 0 Å². The zero-order chi connectivity index (χ0) is 16.9. The van der Waals surface area contributed by atoms with Crippen LogP contribution in [0.25, 0.3) is 0 Å². The van der Waals surface area contributed by atoms with Gasteiger partial charge in [0.15, 0.2) is 6.61 Å². The highest BCUT2D eigenvalue weighted by Crippen LogP contribution is 2.22. The van der Waals surface area contributed by atoms with Gasteiger partial charge in [-0.3, -0.25) is 9.59 Å². The fourth-order valence-electron chi connectivity index (χ4n) is 1.73. The van der Waals surface area contributed by atoms with Crippen LogP contribution in [0.3, 0.4) is 0 Å². The summed E-state index contributed by atoms with van der Waals surface area (Å²) in [5, 5.41) is 2.51. The number of hydrogen-bond acceptors (Lipinski definition) is 4. The van der Waals surface area contributed by atoms with Crippen LogP contribution in [-0.2, 0) is 19.7 Å². The summed E-state index contributed by atoms with van der Waals surface area (Å²) in [6, 6.07) is 6.30. The number of primary amides is 1. The third-order valence-electron chi connectivity index (χ3n) is 3.07. The van der Waals surface area contributed by atoms with Crippen LogP contribution in [0.5, 0.6) is 0 Å². The summed E-state index contributed by atoms with van der Waals surface area (Å²) >= 11 is 0. The molecule has 0 fully saturated rings. The van der Waals surface area contributed by atoms with Crippen molar-refractivity contribution in [1.29, 1.82) is 0 Å². The van der Waals surface area contributed by atoms with E-state index in [1.165, 1.54) is 6.92 Å². The molecule has 0 aliphatic heterocycles. The first kappa shape index (κ1) is 17.7. The molecule has 1 atom stereocenters. The molecule has 3 N–H and O–H groups in total. The number of ether oxygens (including phenoxy) is 1. The van der Waals surface area contributed by atoms with Crippen molar-refractivity contribution in [3.8, 4) is 0 Å². The minimum Gasteiger partial charge on any atom is -0.454 e. The number of nitrogens with one attached hydrogen (secondary N) is 1. The van der Waals surface area contributed by atoms with Gasteiger partial charge in [-0.1, -0.05) is 32.9 Å². The maximum absolute atomic E-state index is 12.0. The molecule has 0 saturated heterocycles. The molecule has 0 bridgehead atoms. The van der Waals surface area contributed by atoms with E-state index in [2.05, 4.69) is 30.8 Å². The first-order chi connectivity index (χ1) is 10.1. The van der Waals surface area contributed by atoms with Gasteiger partial charge in [0.1, 0.15) is 6.04 Å². The molecule has 0 radical (unpaired) electrons. The number of esters is 1. The van der Waals surface area contributed by atoms with Crippen molar-refractivity contribution < 1.29 is 19.1 Å². The van der Waals surface area contributed by atoms with E-state index in [-0.39, 0.29) is 11.3 Å². The Hall–Kier alpha value is -2.37. The third-order valence-corrected chi connectivity index (χ3v) is 3.07. The summed E-state index contributed by atoms with van der Waals surface area (Å²) in [5.41, 5.74) is 6.44. The van der Waals surface area contributed by atoms with Crippen LogP contribution < -0.4 is 11.1 Å². The van der Waals surface area contributed by atoms with E-state index in [0.29, 0.717) is 5.56 Å². The Kier molecular flexibility index (Phi) is 5.68. The second-order valence-corrected chi connectivity index (χ2v) is 6.10. The number of hydrogen-bond donors (Lipinski definition) is 2. The van der Waals surface area contributed by atoms with Gasteiger partial charge in [-0.05, 0) is 30.0 Å². The van der Waals surface area contributed by atoms with E-state index < -0.39 is 24.5 Å². The van der Waals surface area contributed by atoms with Crippen molar-refractivity contribution in [2.75, 3.05) is 6.61 Å².